The molecule has 7 nitrogen and oxygen atoms in total. The van der Waals surface area contributed by atoms with Crippen molar-refractivity contribution in [2.45, 2.75) is 37.1 Å². The number of nitro groups is 1. The Hall–Kier alpha value is -2.81. The van der Waals surface area contributed by atoms with Gasteiger partial charge in [0, 0.05) is 19.2 Å². The average molecular weight is 468 g/mol. The van der Waals surface area contributed by atoms with E-state index >= 15 is 0 Å². The predicted molar refractivity (Wildman–Crippen MR) is 129 cm³/mol. The molecule has 1 aliphatic rings. The standard InChI is InChI=1S/C25H29N3O4S/c29-28(30)24-7-3-4-8-25(24)33(31,32)27-18-20-11-9-19(10-12-20)16-26-17-21-13-14-22-5-1-2-6-23(22)15-21/h1-8,13-15,19-20,26-27H,9-12,16-18H2. The first-order valence-corrected chi connectivity index (χ1v) is 12.8. The minimum Gasteiger partial charge on any atom is -0.312 e. The van der Waals surface area contributed by atoms with Gasteiger partial charge in [0.1, 0.15) is 0 Å². The molecule has 0 bridgehead atoms. The fraction of sp³-hybridized carbons (Fsp3) is 0.360. The van der Waals surface area contributed by atoms with Gasteiger partial charge in [-0.25, -0.2) is 13.1 Å². The number of fused-ring (bicyclic) bond motifs is 1. The van der Waals surface area contributed by atoms with Gasteiger partial charge in [-0.15, -0.1) is 0 Å². The van der Waals surface area contributed by atoms with Crippen molar-refractivity contribution in [1.29, 1.82) is 0 Å². The van der Waals surface area contributed by atoms with Crippen LogP contribution in [-0.2, 0) is 16.6 Å². The average Bonchev–Trinajstić information content (AvgIpc) is 2.83. The smallest absolute Gasteiger partial charge is 0.289 e. The summed E-state index contributed by atoms with van der Waals surface area (Å²) in [5.41, 5.74) is 0.873. The van der Waals surface area contributed by atoms with Crippen LogP contribution in [0.15, 0.2) is 71.6 Å². The second-order valence-electron chi connectivity index (χ2n) is 8.78. The number of nitrogens with one attached hydrogen (secondary N) is 2. The summed E-state index contributed by atoms with van der Waals surface area (Å²) in [6.45, 7) is 2.09. The highest BCUT2D eigenvalue weighted by Crippen LogP contribution is 2.29. The molecule has 2 N–H and O–H groups in total. The van der Waals surface area contributed by atoms with E-state index < -0.39 is 20.6 Å². The molecular formula is C25H29N3O4S. The summed E-state index contributed by atoms with van der Waals surface area (Å²) < 4.78 is 27.8. The van der Waals surface area contributed by atoms with Crippen LogP contribution in [0.25, 0.3) is 10.8 Å². The number of benzene rings is 3. The van der Waals surface area contributed by atoms with Crippen LogP contribution in [0.1, 0.15) is 31.2 Å². The van der Waals surface area contributed by atoms with Gasteiger partial charge in [-0.2, -0.15) is 0 Å². The van der Waals surface area contributed by atoms with E-state index in [-0.39, 0.29) is 10.8 Å². The van der Waals surface area contributed by atoms with E-state index in [2.05, 4.69) is 46.4 Å². The number of hydrogen-bond acceptors (Lipinski definition) is 5. The van der Waals surface area contributed by atoms with E-state index in [1.807, 2.05) is 6.07 Å². The molecule has 0 unspecified atom stereocenters. The molecule has 0 radical (unpaired) electrons. The topological polar surface area (TPSA) is 101 Å². The largest absolute Gasteiger partial charge is 0.312 e. The van der Waals surface area contributed by atoms with Crippen LogP contribution in [-0.4, -0.2) is 26.4 Å². The molecule has 174 valence electrons. The lowest BCUT2D eigenvalue weighted by atomic mass is 9.82. The van der Waals surface area contributed by atoms with E-state index in [0.29, 0.717) is 12.5 Å². The van der Waals surface area contributed by atoms with Gasteiger partial charge in [0.15, 0.2) is 4.90 Å². The van der Waals surface area contributed by atoms with Crippen molar-refractivity contribution in [2.24, 2.45) is 11.8 Å². The monoisotopic (exact) mass is 467 g/mol. The Balaban J connectivity index is 1.22. The summed E-state index contributed by atoms with van der Waals surface area (Å²) in [5.74, 6) is 0.827. The van der Waals surface area contributed by atoms with Crippen LogP contribution >= 0.6 is 0 Å². The number of para-hydroxylation sites is 1. The van der Waals surface area contributed by atoms with Crippen molar-refractivity contribution in [2.75, 3.05) is 13.1 Å². The molecule has 0 aliphatic heterocycles. The van der Waals surface area contributed by atoms with Crippen LogP contribution < -0.4 is 10.0 Å². The number of nitro benzene ring substituents is 1. The van der Waals surface area contributed by atoms with E-state index in [1.165, 1.54) is 40.6 Å². The number of hydrogen-bond donors (Lipinski definition) is 2. The third-order valence-electron chi connectivity index (χ3n) is 6.46. The molecule has 33 heavy (non-hydrogen) atoms. The second-order valence-corrected chi connectivity index (χ2v) is 10.5. The maximum atomic E-state index is 12.6. The lowest BCUT2D eigenvalue weighted by Crippen LogP contribution is -2.33. The van der Waals surface area contributed by atoms with Crippen LogP contribution in [0, 0.1) is 22.0 Å². The van der Waals surface area contributed by atoms with Crippen LogP contribution in [0.3, 0.4) is 0 Å². The minimum absolute atomic E-state index is 0.249. The van der Waals surface area contributed by atoms with Crippen molar-refractivity contribution in [3.63, 3.8) is 0 Å². The van der Waals surface area contributed by atoms with Crippen molar-refractivity contribution >= 4 is 26.5 Å². The van der Waals surface area contributed by atoms with Crippen molar-refractivity contribution < 1.29 is 13.3 Å². The van der Waals surface area contributed by atoms with Gasteiger partial charge < -0.3 is 5.32 Å². The van der Waals surface area contributed by atoms with Crippen molar-refractivity contribution in [3.8, 4) is 0 Å². The lowest BCUT2D eigenvalue weighted by molar-refractivity contribution is -0.387. The molecule has 0 heterocycles. The number of sulfonamides is 1. The molecule has 1 aliphatic carbocycles. The molecule has 1 fully saturated rings. The Bertz CT molecular complexity index is 1220. The fourth-order valence-electron chi connectivity index (χ4n) is 4.55. The second kappa shape index (κ2) is 10.4. The molecular weight excluding hydrogens is 438 g/mol. The summed E-state index contributed by atoms with van der Waals surface area (Å²) in [6.07, 6.45) is 3.98. The van der Waals surface area contributed by atoms with E-state index in [1.54, 1.807) is 0 Å². The Morgan fingerprint density at radius 2 is 1.48 bits per heavy atom. The maximum absolute atomic E-state index is 12.6. The maximum Gasteiger partial charge on any atom is 0.289 e. The fourth-order valence-corrected chi connectivity index (χ4v) is 5.84. The highest BCUT2D eigenvalue weighted by atomic mass is 32.2. The summed E-state index contributed by atoms with van der Waals surface area (Å²) in [4.78, 5) is 10.2. The zero-order valence-electron chi connectivity index (χ0n) is 18.4. The molecule has 1 saturated carbocycles. The van der Waals surface area contributed by atoms with Gasteiger partial charge >= 0.3 is 0 Å². The normalized spacial score (nSPS) is 18.9. The van der Waals surface area contributed by atoms with Gasteiger partial charge in [-0.1, -0.05) is 48.5 Å². The van der Waals surface area contributed by atoms with E-state index in [0.717, 1.165) is 38.8 Å². The van der Waals surface area contributed by atoms with Crippen LogP contribution in [0.2, 0.25) is 0 Å². The molecule has 0 atom stereocenters. The Morgan fingerprint density at radius 3 is 2.21 bits per heavy atom. The first-order valence-electron chi connectivity index (χ1n) is 11.3. The molecule has 0 spiro atoms. The Labute approximate surface area is 194 Å². The molecule has 3 aromatic carbocycles. The zero-order valence-corrected chi connectivity index (χ0v) is 19.3. The van der Waals surface area contributed by atoms with E-state index in [4.69, 9.17) is 0 Å². The Kier molecular flexibility index (Phi) is 7.37. The van der Waals surface area contributed by atoms with Gasteiger partial charge in [0.2, 0.25) is 10.0 Å². The molecule has 0 saturated heterocycles. The minimum atomic E-state index is -3.91. The summed E-state index contributed by atoms with van der Waals surface area (Å²) in [7, 11) is -3.91. The zero-order chi connectivity index (χ0) is 23.3. The molecule has 3 aromatic rings. The first kappa shape index (κ1) is 23.4. The van der Waals surface area contributed by atoms with Crippen molar-refractivity contribution in [3.05, 3.63) is 82.4 Å². The molecule has 0 aromatic heterocycles. The Morgan fingerprint density at radius 1 is 0.848 bits per heavy atom. The van der Waals surface area contributed by atoms with Gasteiger partial charge in [-0.3, -0.25) is 10.1 Å². The summed E-state index contributed by atoms with van der Waals surface area (Å²) in [5, 5.41) is 17.2. The summed E-state index contributed by atoms with van der Waals surface area (Å²) in [6, 6.07) is 20.3. The lowest BCUT2D eigenvalue weighted by Gasteiger charge is -2.28. The van der Waals surface area contributed by atoms with Crippen LogP contribution in [0.4, 0.5) is 5.69 Å². The number of rotatable bonds is 9. The van der Waals surface area contributed by atoms with E-state index in [9.17, 15) is 18.5 Å². The first-order chi connectivity index (χ1) is 15.9. The van der Waals surface area contributed by atoms with Crippen molar-refractivity contribution in [1.82, 2.24) is 10.0 Å². The number of nitrogens with zero attached hydrogens (tertiary/aromatic N) is 1. The molecule has 8 heteroatoms. The quantitative estimate of drug-likeness (QED) is 0.353. The molecule has 4 rings (SSSR count). The van der Waals surface area contributed by atoms with Crippen LogP contribution in [0.5, 0.6) is 0 Å². The summed E-state index contributed by atoms with van der Waals surface area (Å²) >= 11 is 0. The highest BCUT2D eigenvalue weighted by molar-refractivity contribution is 7.89. The third-order valence-corrected chi connectivity index (χ3v) is 7.93. The van der Waals surface area contributed by atoms with Gasteiger partial charge in [-0.05, 0) is 72.5 Å². The predicted octanol–water partition coefficient (Wildman–Crippen LogP) is 4.62. The highest BCUT2D eigenvalue weighted by Gasteiger charge is 2.27. The third kappa shape index (κ3) is 5.96. The SMILES string of the molecule is O=[N+]([O-])c1ccccc1S(=O)(=O)NCC1CCC(CNCc2ccc3ccccc3c2)CC1. The van der Waals surface area contributed by atoms with Gasteiger partial charge in [0.05, 0.1) is 4.92 Å². The molecule has 0 amide bonds. The van der Waals surface area contributed by atoms with Gasteiger partial charge in [0.25, 0.3) is 5.69 Å².